The van der Waals surface area contributed by atoms with E-state index < -0.39 is 17.6 Å². The predicted molar refractivity (Wildman–Crippen MR) is 114 cm³/mol. The van der Waals surface area contributed by atoms with Crippen LogP contribution in [0, 0.1) is 13.8 Å². The molecule has 0 spiro atoms. The smallest absolute Gasteiger partial charge is 0.355 e. The Balaban J connectivity index is 1.92. The lowest BCUT2D eigenvalue weighted by atomic mass is 9.94. The van der Waals surface area contributed by atoms with E-state index in [1.54, 1.807) is 19.1 Å². The maximum atomic E-state index is 13.8. The molecule has 0 bridgehead atoms. The third-order valence-corrected chi connectivity index (χ3v) is 4.89. The minimum atomic E-state index is -4.59. The number of carbonyl (C=O) groups excluding carboxylic acids is 2. The fourth-order valence-electron chi connectivity index (χ4n) is 3.33. The number of amides is 2. The number of benzene rings is 3. The molecule has 0 aromatic heterocycles. The zero-order chi connectivity index (χ0) is 22.8. The minimum Gasteiger partial charge on any atom is -0.355 e. The van der Waals surface area contributed by atoms with Crippen LogP contribution in [-0.2, 0) is 6.18 Å². The molecule has 0 aliphatic heterocycles. The number of hydrogen-bond donors (Lipinski definition) is 2. The summed E-state index contributed by atoms with van der Waals surface area (Å²) in [6, 6.07) is 14.8. The predicted octanol–water partition coefficient (Wildman–Crippen LogP) is 5.60. The molecule has 0 saturated carbocycles. The van der Waals surface area contributed by atoms with Crippen LogP contribution in [0.5, 0.6) is 0 Å². The summed E-state index contributed by atoms with van der Waals surface area (Å²) in [5.74, 6) is -0.875. The van der Waals surface area contributed by atoms with Crippen LogP contribution in [0.25, 0.3) is 11.1 Å². The maximum absolute atomic E-state index is 13.8. The van der Waals surface area contributed by atoms with Crippen LogP contribution in [0.1, 0.15) is 37.4 Å². The van der Waals surface area contributed by atoms with Crippen LogP contribution < -0.4 is 10.6 Å². The Bertz CT molecular complexity index is 1140. The monoisotopic (exact) mass is 426 g/mol. The highest BCUT2D eigenvalue weighted by Gasteiger charge is 2.34. The van der Waals surface area contributed by atoms with Gasteiger partial charge in [0, 0.05) is 23.9 Å². The molecule has 0 radical (unpaired) electrons. The lowest BCUT2D eigenvalue weighted by Crippen LogP contribution is -2.18. The second kappa shape index (κ2) is 8.63. The largest absolute Gasteiger partial charge is 0.417 e. The number of aryl methyl sites for hydroxylation is 2. The molecule has 7 heteroatoms. The molecule has 3 aromatic rings. The van der Waals surface area contributed by atoms with Gasteiger partial charge in [0.15, 0.2) is 0 Å². The molecule has 0 saturated heterocycles. The van der Waals surface area contributed by atoms with Crippen molar-refractivity contribution in [2.24, 2.45) is 0 Å². The fourth-order valence-corrected chi connectivity index (χ4v) is 3.33. The van der Waals surface area contributed by atoms with Gasteiger partial charge >= 0.3 is 6.18 Å². The first-order valence-corrected chi connectivity index (χ1v) is 9.52. The summed E-state index contributed by atoms with van der Waals surface area (Å²) in [5.41, 5.74) is 2.03. The minimum absolute atomic E-state index is 0.0289. The van der Waals surface area contributed by atoms with Crippen LogP contribution in [0.4, 0.5) is 18.9 Å². The third-order valence-electron chi connectivity index (χ3n) is 4.89. The Labute approximate surface area is 178 Å². The van der Waals surface area contributed by atoms with Crippen molar-refractivity contribution >= 4 is 17.5 Å². The van der Waals surface area contributed by atoms with Gasteiger partial charge in [0.05, 0.1) is 5.56 Å². The summed E-state index contributed by atoms with van der Waals surface area (Å²) < 4.78 is 41.4. The molecule has 3 rings (SSSR count). The number of nitrogens with one attached hydrogen (secondary N) is 2. The lowest BCUT2D eigenvalue weighted by Gasteiger charge is -2.17. The summed E-state index contributed by atoms with van der Waals surface area (Å²) in [5, 5.41) is 4.97. The Morgan fingerprint density at radius 3 is 1.90 bits per heavy atom. The summed E-state index contributed by atoms with van der Waals surface area (Å²) in [4.78, 5) is 24.1. The zero-order valence-corrected chi connectivity index (χ0v) is 17.2. The average Bonchev–Trinajstić information content (AvgIpc) is 2.73. The van der Waals surface area contributed by atoms with E-state index in [1.807, 2.05) is 13.0 Å². The molecule has 2 amide bonds. The summed E-state index contributed by atoms with van der Waals surface area (Å²) in [7, 11) is 1.49. The highest BCUT2D eigenvalue weighted by atomic mass is 19.4. The normalized spacial score (nSPS) is 11.2. The summed E-state index contributed by atoms with van der Waals surface area (Å²) in [6.07, 6.45) is -4.59. The molecule has 0 aliphatic rings. The molecule has 0 atom stereocenters. The fraction of sp³-hybridized carbons (Fsp3) is 0.167. The second-order valence-electron chi connectivity index (χ2n) is 7.19. The first-order chi connectivity index (χ1) is 14.6. The molecule has 2 N–H and O–H groups in total. The maximum Gasteiger partial charge on any atom is 0.417 e. The van der Waals surface area contributed by atoms with Crippen molar-refractivity contribution in [1.29, 1.82) is 0 Å². The van der Waals surface area contributed by atoms with Crippen molar-refractivity contribution in [3.05, 3.63) is 88.5 Å². The van der Waals surface area contributed by atoms with Gasteiger partial charge < -0.3 is 10.6 Å². The van der Waals surface area contributed by atoms with Gasteiger partial charge in [-0.25, -0.2) is 0 Å². The van der Waals surface area contributed by atoms with Gasteiger partial charge in [-0.05, 0) is 66.9 Å². The van der Waals surface area contributed by atoms with E-state index in [9.17, 15) is 22.8 Å². The van der Waals surface area contributed by atoms with Crippen LogP contribution in [0.15, 0.2) is 60.7 Å². The topological polar surface area (TPSA) is 58.2 Å². The molecule has 0 fully saturated rings. The van der Waals surface area contributed by atoms with E-state index in [4.69, 9.17) is 0 Å². The van der Waals surface area contributed by atoms with E-state index in [2.05, 4.69) is 10.6 Å². The van der Waals surface area contributed by atoms with Crippen LogP contribution >= 0.6 is 0 Å². The van der Waals surface area contributed by atoms with Gasteiger partial charge in [0.25, 0.3) is 11.8 Å². The molecule has 0 aliphatic carbocycles. The van der Waals surface area contributed by atoms with Crippen LogP contribution in [-0.4, -0.2) is 18.9 Å². The van der Waals surface area contributed by atoms with E-state index >= 15 is 0 Å². The van der Waals surface area contributed by atoms with E-state index in [0.717, 1.165) is 17.2 Å². The molecule has 0 unspecified atom stereocenters. The third kappa shape index (κ3) is 4.94. The zero-order valence-electron chi connectivity index (χ0n) is 17.2. The van der Waals surface area contributed by atoms with Crippen molar-refractivity contribution in [3.8, 4) is 11.1 Å². The molecule has 31 heavy (non-hydrogen) atoms. The summed E-state index contributed by atoms with van der Waals surface area (Å²) >= 11 is 0. The highest BCUT2D eigenvalue weighted by Crippen LogP contribution is 2.39. The standard InChI is InChI=1S/C24H21F3N2O2/c1-14-4-10-19(15(2)12-14)20-11-9-18(13-21(20)24(25,26)27)29-23(31)17-7-5-16(6-8-17)22(30)28-3/h4-13H,1-3H3,(H,28,30)(H,29,31). The van der Waals surface area contributed by atoms with Gasteiger partial charge in [0.1, 0.15) is 0 Å². The average molecular weight is 426 g/mol. The van der Waals surface area contributed by atoms with Gasteiger partial charge in [0.2, 0.25) is 0 Å². The van der Waals surface area contributed by atoms with Gasteiger partial charge in [-0.2, -0.15) is 13.2 Å². The summed E-state index contributed by atoms with van der Waals surface area (Å²) in [6.45, 7) is 3.64. The molecule has 4 nitrogen and oxygen atoms in total. The lowest BCUT2D eigenvalue weighted by molar-refractivity contribution is -0.137. The molecule has 3 aromatic carbocycles. The van der Waals surface area contributed by atoms with Crippen molar-refractivity contribution < 1.29 is 22.8 Å². The van der Waals surface area contributed by atoms with Crippen LogP contribution in [0.3, 0.4) is 0 Å². The van der Waals surface area contributed by atoms with E-state index in [1.165, 1.54) is 43.4 Å². The van der Waals surface area contributed by atoms with E-state index in [0.29, 0.717) is 11.1 Å². The number of carbonyl (C=O) groups is 2. The van der Waals surface area contributed by atoms with Crippen molar-refractivity contribution in [2.75, 3.05) is 12.4 Å². The SMILES string of the molecule is CNC(=O)c1ccc(C(=O)Nc2ccc(-c3ccc(C)cc3C)c(C(F)(F)F)c2)cc1. The molecular weight excluding hydrogens is 405 g/mol. The second-order valence-corrected chi connectivity index (χ2v) is 7.19. The Morgan fingerprint density at radius 2 is 1.35 bits per heavy atom. The molecule has 0 heterocycles. The number of halogens is 3. The first kappa shape index (κ1) is 22.1. The molecule has 160 valence electrons. The Hall–Kier alpha value is -3.61. The van der Waals surface area contributed by atoms with Gasteiger partial charge in [-0.3, -0.25) is 9.59 Å². The molecular formula is C24H21F3N2O2. The number of hydrogen-bond acceptors (Lipinski definition) is 2. The number of rotatable bonds is 4. The van der Waals surface area contributed by atoms with Crippen molar-refractivity contribution in [2.45, 2.75) is 20.0 Å². The van der Waals surface area contributed by atoms with Gasteiger partial charge in [-0.1, -0.05) is 29.8 Å². The van der Waals surface area contributed by atoms with Crippen molar-refractivity contribution in [3.63, 3.8) is 0 Å². The highest BCUT2D eigenvalue weighted by molar-refractivity contribution is 6.05. The first-order valence-electron chi connectivity index (χ1n) is 9.52. The Morgan fingerprint density at radius 1 is 0.774 bits per heavy atom. The quantitative estimate of drug-likeness (QED) is 0.571. The van der Waals surface area contributed by atoms with Crippen LogP contribution in [0.2, 0.25) is 0 Å². The van der Waals surface area contributed by atoms with Crippen molar-refractivity contribution in [1.82, 2.24) is 5.32 Å². The number of anilines is 1. The number of alkyl halides is 3. The van der Waals surface area contributed by atoms with Gasteiger partial charge in [-0.15, -0.1) is 0 Å². The Kier molecular flexibility index (Phi) is 6.15. The van der Waals surface area contributed by atoms with E-state index in [-0.39, 0.29) is 22.7 Å².